The molecule has 0 bridgehead atoms. The summed E-state index contributed by atoms with van der Waals surface area (Å²) < 4.78 is 5.09. The number of rotatable bonds is 3. The Hall–Kier alpha value is -1.92. The Balaban J connectivity index is 1.90. The van der Waals surface area contributed by atoms with Crippen LogP contribution in [0.15, 0.2) is 46.0 Å². The van der Waals surface area contributed by atoms with Crippen molar-refractivity contribution in [1.29, 1.82) is 0 Å². The van der Waals surface area contributed by atoms with Crippen LogP contribution in [0.4, 0.5) is 5.69 Å². The fourth-order valence-electron chi connectivity index (χ4n) is 2.47. The monoisotopic (exact) mass is 349 g/mol. The van der Waals surface area contributed by atoms with Crippen molar-refractivity contribution in [3.63, 3.8) is 0 Å². The summed E-state index contributed by atoms with van der Waals surface area (Å²) in [5, 5.41) is 3.89. The molecule has 0 radical (unpaired) electrons. The third-order valence-corrected chi connectivity index (χ3v) is 4.73. The largest absolute Gasteiger partial charge is 0.459 e. The minimum atomic E-state index is -0.440. The Bertz CT molecular complexity index is 761. The summed E-state index contributed by atoms with van der Waals surface area (Å²) in [5.74, 6) is 0.816. The first-order chi connectivity index (χ1) is 11.0. The van der Waals surface area contributed by atoms with Crippen molar-refractivity contribution in [2.45, 2.75) is 18.9 Å². The molecule has 7 heteroatoms. The topological polar surface area (TPSA) is 80.6 Å². The molecule has 1 aromatic carbocycles. The molecule has 0 fully saturated rings. The number of benzene rings is 1. The van der Waals surface area contributed by atoms with Crippen LogP contribution in [-0.2, 0) is 5.54 Å². The van der Waals surface area contributed by atoms with E-state index in [1.165, 1.54) is 6.26 Å². The quantitative estimate of drug-likeness (QED) is 0.881. The number of halogens is 1. The Morgan fingerprint density at radius 1 is 1.48 bits per heavy atom. The highest BCUT2D eigenvalue weighted by atomic mass is 35.5. The average molecular weight is 350 g/mol. The number of carbonyl (C=O) groups is 1. The van der Waals surface area contributed by atoms with E-state index in [2.05, 4.69) is 10.3 Å². The second-order valence-corrected chi connectivity index (χ2v) is 7.03. The van der Waals surface area contributed by atoms with Crippen molar-refractivity contribution in [2.24, 2.45) is 10.7 Å². The number of nitrogens with zero attached hydrogens (tertiary/aromatic N) is 1. The molecule has 3 rings (SSSR count). The maximum atomic E-state index is 12.1. The first-order valence-corrected chi connectivity index (χ1v) is 8.47. The number of amides is 1. The van der Waals surface area contributed by atoms with Crippen LogP contribution in [0.2, 0.25) is 5.02 Å². The fraction of sp³-hybridized carbons (Fsp3) is 0.250. The molecule has 0 spiro atoms. The van der Waals surface area contributed by atoms with E-state index in [0.29, 0.717) is 15.9 Å². The van der Waals surface area contributed by atoms with E-state index in [1.54, 1.807) is 30.0 Å². The van der Waals surface area contributed by atoms with Gasteiger partial charge in [-0.2, -0.15) is 0 Å². The van der Waals surface area contributed by atoms with Crippen molar-refractivity contribution >= 4 is 40.1 Å². The number of nitrogens with two attached hydrogens (primary N) is 1. The number of aliphatic imine (C=N–C) groups is 1. The van der Waals surface area contributed by atoms with Crippen molar-refractivity contribution in [1.82, 2.24) is 0 Å². The van der Waals surface area contributed by atoms with Crippen molar-refractivity contribution < 1.29 is 9.21 Å². The summed E-state index contributed by atoms with van der Waals surface area (Å²) in [6.07, 6.45) is 2.31. The summed E-state index contributed by atoms with van der Waals surface area (Å²) in [6.45, 7) is 2.02. The molecule has 2 aromatic rings. The second kappa shape index (κ2) is 6.29. The van der Waals surface area contributed by atoms with Gasteiger partial charge in [-0.25, -0.2) is 0 Å². The van der Waals surface area contributed by atoms with Gasteiger partial charge in [0.1, 0.15) is 0 Å². The molecule has 5 nitrogen and oxygen atoms in total. The molecule has 1 amide bonds. The molecule has 2 heterocycles. The Morgan fingerprint density at radius 2 is 2.30 bits per heavy atom. The molecule has 1 unspecified atom stereocenters. The number of amidine groups is 1. The molecule has 1 aliphatic heterocycles. The van der Waals surface area contributed by atoms with Crippen LogP contribution in [0.25, 0.3) is 0 Å². The van der Waals surface area contributed by atoms with Crippen LogP contribution >= 0.6 is 23.4 Å². The smallest absolute Gasteiger partial charge is 0.291 e. The number of anilines is 1. The Morgan fingerprint density at radius 3 is 3.00 bits per heavy atom. The number of carbonyl (C=O) groups excluding carboxylic acids is 1. The van der Waals surface area contributed by atoms with Crippen LogP contribution in [0.3, 0.4) is 0 Å². The van der Waals surface area contributed by atoms with E-state index in [0.717, 1.165) is 17.7 Å². The lowest BCUT2D eigenvalue weighted by Gasteiger charge is -2.30. The molecule has 1 atom stereocenters. The van der Waals surface area contributed by atoms with Gasteiger partial charge in [0, 0.05) is 16.5 Å². The standard InChI is InChI=1S/C16H16ClN3O2S/c1-16(4-6-23-15(18)20-16)10-7-11(17)9-12(8-10)19-14(21)13-3-2-5-22-13/h2-3,5,7-9H,4,6H2,1H3,(H2,18,20)(H,19,21). The van der Waals surface area contributed by atoms with E-state index < -0.39 is 5.54 Å². The first-order valence-electron chi connectivity index (χ1n) is 7.10. The zero-order valence-corrected chi connectivity index (χ0v) is 14.1. The van der Waals surface area contributed by atoms with Crippen LogP contribution in [0.5, 0.6) is 0 Å². The van der Waals surface area contributed by atoms with Gasteiger partial charge in [-0.15, -0.1) is 0 Å². The SMILES string of the molecule is CC1(c2cc(Cl)cc(NC(=O)c3ccco3)c2)CCSC(N)=N1. The lowest BCUT2D eigenvalue weighted by molar-refractivity contribution is 0.0996. The number of nitrogens with one attached hydrogen (secondary N) is 1. The van der Waals surface area contributed by atoms with Gasteiger partial charge in [-0.1, -0.05) is 23.4 Å². The summed E-state index contributed by atoms with van der Waals surface area (Å²) in [6, 6.07) is 8.69. The van der Waals surface area contributed by atoms with Crippen LogP contribution in [-0.4, -0.2) is 16.8 Å². The molecule has 120 valence electrons. The summed E-state index contributed by atoms with van der Waals surface area (Å²) >= 11 is 7.76. The highest BCUT2D eigenvalue weighted by molar-refractivity contribution is 8.13. The Kier molecular flexibility index (Phi) is 4.37. The lowest BCUT2D eigenvalue weighted by Crippen LogP contribution is -2.28. The van der Waals surface area contributed by atoms with Gasteiger partial charge in [-0.3, -0.25) is 9.79 Å². The molecule has 0 saturated heterocycles. The molecular formula is C16H16ClN3O2S. The van der Waals surface area contributed by atoms with Crippen molar-refractivity contribution in [2.75, 3.05) is 11.1 Å². The van der Waals surface area contributed by atoms with E-state index in [4.69, 9.17) is 21.8 Å². The van der Waals surface area contributed by atoms with Gasteiger partial charge in [0.2, 0.25) is 0 Å². The molecular weight excluding hydrogens is 334 g/mol. The molecule has 1 aromatic heterocycles. The van der Waals surface area contributed by atoms with Gasteiger partial charge >= 0.3 is 0 Å². The average Bonchev–Trinajstić information content (AvgIpc) is 3.00. The summed E-state index contributed by atoms with van der Waals surface area (Å²) in [4.78, 5) is 16.7. The molecule has 23 heavy (non-hydrogen) atoms. The van der Waals surface area contributed by atoms with Gasteiger partial charge in [0.15, 0.2) is 10.9 Å². The summed E-state index contributed by atoms with van der Waals surface area (Å²) in [5.41, 5.74) is 6.95. The molecule has 3 N–H and O–H groups in total. The van der Waals surface area contributed by atoms with Crippen LogP contribution in [0.1, 0.15) is 29.5 Å². The van der Waals surface area contributed by atoms with Crippen molar-refractivity contribution in [3.8, 4) is 0 Å². The number of hydrogen-bond donors (Lipinski definition) is 2. The normalized spacial score (nSPS) is 20.9. The van der Waals surface area contributed by atoms with E-state index in [1.807, 2.05) is 19.1 Å². The number of hydrogen-bond acceptors (Lipinski definition) is 5. The molecule has 0 aliphatic carbocycles. The Labute approximate surface area is 143 Å². The van der Waals surface area contributed by atoms with Gasteiger partial charge in [-0.05, 0) is 49.2 Å². The van der Waals surface area contributed by atoms with Crippen molar-refractivity contribution in [3.05, 3.63) is 52.9 Å². The van der Waals surface area contributed by atoms with Crippen LogP contribution < -0.4 is 11.1 Å². The first kappa shape index (κ1) is 16.0. The van der Waals surface area contributed by atoms with Gasteiger partial charge < -0.3 is 15.5 Å². The third kappa shape index (κ3) is 3.54. The zero-order chi connectivity index (χ0) is 16.4. The van der Waals surface area contributed by atoms with E-state index in [-0.39, 0.29) is 11.7 Å². The summed E-state index contributed by atoms with van der Waals surface area (Å²) in [7, 11) is 0. The minimum Gasteiger partial charge on any atom is -0.459 e. The van der Waals surface area contributed by atoms with Gasteiger partial charge in [0.25, 0.3) is 5.91 Å². The third-order valence-electron chi connectivity index (χ3n) is 3.72. The van der Waals surface area contributed by atoms with Crippen LogP contribution in [0, 0.1) is 0 Å². The predicted octanol–water partition coefficient (Wildman–Crippen LogP) is 3.85. The van der Waals surface area contributed by atoms with Gasteiger partial charge in [0.05, 0.1) is 11.8 Å². The van der Waals surface area contributed by atoms with E-state index >= 15 is 0 Å². The molecule has 0 saturated carbocycles. The maximum absolute atomic E-state index is 12.1. The predicted molar refractivity (Wildman–Crippen MR) is 94.2 cm³/mol. The second-order valence-electron chi connectivity index (χ2n) is 5.48. The lowest BCUT2D eigenvalue weighted by atomic mass is 9.89. The maximum Gasteiger partial charge on any atom is 0.291 e. The minimum absolute atomic E-state index is 0.245. The highest BCUT2D eigenvalue weighted by Crippen LogP contribution is 2.37. The molecule has 1 aliphatic rings. The fourth-order valence-corrected chi connectivity index (χ4v) is 3.68. The van der Waals surface area contributed by atoms with E-state index in [9.17, 15) is 4.79 Å². The number of furan rings is 1. The zero-order valence-electron chi connectivity index (χ0n) is 12.5. The number of thioether (sulfide) groups is 1. The highest BCUT2D eigenvalue weighted by Gasteiger charge is 2.30.